The van der Waals surface area contributed by atoms with Crippen molar-refractivity contribution in [2.45, 2.75) is 12.5 Å². The lowest BCUT2D eigenvalue weighted by atomic mass is 10.1. The van der Waals surface area contributed by atoms with Gasteiger partial charge in [-0.05, 0) is 12.6 Å². The molecule has 0 radical (unpaired) electrons. The number of rotatable bonds is 6. The third-order valence-corrected chi connectivity index (χ3v) is 2.75. The second kappa shape index (κ2) is 6.72. The maximum atomic E-state index is 12.1. The van der Waals surface area contributed by atoms with Gasteiger partial charge in [-0.2, -0.15) is 0 Å². The molecule has 0 spiro atoms. The van der Waals surface area contributed by atoms with E-state index in [1.807, 2.05) is 0 Å². The molecular formula is C12H16F2N2OS. The Hall–Kier alpha value is -1.11. The normalized spacial score (nSPS) is 13.0. The highest BCUT2D eigenvalue weighted by molar-refractivity contribution is 7.80. The molecule has 0 saturated heterocycles. The predicted molar refractivity (Wildman–Crippen MR) is 70.8 cm³/mol. The first-order chi connectivity index (χ1) is 8.40. The van der Waals surface area contributed by atoms with Gasteiger partial charge >= 0.3 is 0 Å². The number of hydrogen-bond acceptors (Lipinski definition) is 3. The number of aliphatic hydroxyl groups is 1. The van der Waals surface area contributed by atoms with E-state index in [9.17, 15) is 13.9 Å². The van der Waals surface area contributed by atoms with Crippen LogP contribution < -0.4 is 5.73 Å². The Morgan fingerprint density at radius 3 is 2.33 bits per heavy atom. The van der Waals surface area contributed by atoms with Crippen LogP contribution >= 0.6 is 12.2 Å². The fraction of sp³-hybridized carbons (Fsp3) is 0.417. The molecule has 0 aliphatic carbocycles. The summed E-state index contributed by atoms with van der Waals surface area (Å²) in [6.45, 7) is -0.210. The summed E-state index contributed by atoms with van der Waals surface area (Å²) in [5.41, 5.74) is 6.81. The van der Waals surface area contributed by atoms with E-state index in [0.717, 1.165) is 0 Å². The lowest BCUT2D eigenvalue weighted by molar-refractivity contribution is 0.0680. The number of thiocarbonyl (C=S) groups is 1. The topological polar surface area (TPSA) is 49.5 Å². The summed E-state index contributed by atoms with van der Waals surface area (Å²) in [5, 5.41) is 9.88. The van der Waals surface area contributed by atoms with Crippen LogP contribution in [0, 0.1) is 0 Å². The van der Waals surface area contributed by atoms with Crippen LogP contribution in [-0.2, 0) is 0 Å². The van der Waals surface area contributed by atoms with Gasteiger partial charge in [-0.15, -0.1) is 0 Å². The maximum absolute atomic E-state index is 12.1. The minimum atomic E-state index is -2.40. The Morgan fingerprint density at radius 2 is 1.89 bits per heavy atom. The van der Waals surface area contributed by atoms with E-state index < -0.39 is 12.5 Å². The molecule has 0 aromatic heterocycles. The molecule has 3 nitrogen and oxygen atoms in total. The van der Waals surface area contributed by atoms with E-state index in [2.05, 4.69) is 0 Å². The molecule has 18 heavy (non-hydrogen) atoms. The molecule has 100 valence electrons. The molecule has 0 fully saturated rings. The molecule has 0 aliphatic heterocycles. The van der Waals surface area contributed by atoms with E-state index in [0.29, 0.717) is 11.1 Å². The molecule has 0 amide bonds. The van der Waals surface area contributed by atoms with Crippen molar-refractivity contribution in [2.75, 3.05) is 20.1 Å². The van der Waals surface area contributed by atoms with Gasteiger partial charge in [0.15, 0.2) is 0 Å². The summed E-state index contributed by atoms with van der Waals surface area (Å²) in [6, 6.07) is 6.78. The number of nitrogens with zero attached hydrogens (tertiary/aromatic N) is 1. The average molecular weight is 274 g/mol. The largest absolute Gasteiger partial charge is 0.389 e. The van der Waals surface area contributed by atoms with Crippen molar-refractivity contribution < 1.29 is 13.9 Å². The van der Waals surface area contributed by atoms with Crippen molar-refractivity contribution in [3.8, 4) is 0 Å². The Bertz CT molecular complexity index is 398. The number of hydrogen-bond donors (Lipinski definition) is 2. The fourth-order valence-corrected chi connectivity index (χ4v) is 1.72. The fourth-order valence-electron chi connectivity index (χ4n) is 1.58. The van der Waals surface area contributed by atoms with Gasteiger partial charge in [0.2, 0.25) is 0 Å². The van der Waals surface area contributed by atoms with Crippen molar-refractivity contribution in [1.29, 1.82) is 0 Å². The zero-order chi connectivity index (χ0) is 13.7. The quantitative estimate of drug-likeness (QED) is 0.773. The van der Waals surface area contributed by atoms with Crippen molar-refractivity contribution in [3.05, 3.63) is 35.4 Å². The van der Waals surface area contributed by atoms with Gasteiger partial charge in [0, 0.05) is 12.1 Å². The van der Waals surface area contributed by atoms with Gasteiger partial charge in [-0.25, -0.2) is 8.78 Å². The zero-order valence-corrected chi connectivity index (χ0v) is 10.8. The van der Waals surface area contributed by atoms with Crippen LogP contribution in [-0.4, -0.2) is 41.6 Å². The lowest BCUT2D eigenvalue weighted by Gasteiger charge is -2.20. The third kappa shape index (κ3) is 4.64. The first-order valence-electron chi connectivity index (χ1n) is 5.44. The van der Waals surface area contributed by atoms with Crippen LogP contribution in [0.1, 0.15) is 17.2 Å². The Morgan fingerprint density at radius 1 is 1.33 bits per heavy atom. The van der Waals surface area contributed by atoms with Crippen LogP contribution in [0.15, 0.2) is 24.3 Å². The van der Waals surface area contributed by atoms with Gasteiger partial charge in [0.05, 0.1) is 12.6 Å². The molecule has 1 atom stereocenters. The van der Waals surface area contributed by atoms with Gasteiger partial charge in [0.1, 0.15) is 4.99 Å². The van der Waals surface area contributed by atoms with Crippen molar-refractivity contribution in [3.63, 3.8) is 0 Å². The Kier molecular flexibility index (Phi) is 5.58. The number of benzene rings is 1. The molecule has 0 heterocycles. The van der Waals surface area contributed by atoms with Crippen molar-refractivity contribution in [2.24, 2.45) is 5.73 Å². The third-order valence-electron chi connectivity index (χ3n) is 2.51. The number of likely N-dealkylation sites (N-methyl/N-ethyl adjacent to an activating group) is 1. The molecule has 1 aromatic rings. The van der Waals surface area contributed by atoms with E-state index in [-0.39, 0.29) is 18.1 Å². The molecule has 6 heteroatoms. The smallest absolute Gasteiger partial charge is 0.251 e. The van der Waals surface area contributed by atoms with E-state index in [1.165, 1.54) is 4.90 Å². The Balaban J connectivity index is 2.61. The minimum absolute atomic E-state index is 0.150. The number of halogens is 2. The standard InChI is InChI=1S/C12H16F2N2OS/c1-16(7-11(13)14)6-10(17)8-2-4-9(5-3-8)12(15)18/h2-5,10-11,17H,6-7H2,1H3,(H2,15,18). The summed E-state index contributed by atoms with van der Waals surface area (Å²) >= 11 is 4.81. The van der Waals surface area contributed by atoms with Crippen LogP contribution in [0.25, 0.3) is 0 Å². The highest BCUT2D eigenvalue weighted by atomic mass is 32.1. The molecule has 3 N–H and O–H groups in total. The van der Waals surface area contributed by atoms with Crippen LogP contribution in [0.5, 0.6) is 0 Å². The monoisotopic (exact) mass is 274 g/mol. The van der Waals surface area contributed by atoms with Crippen LogP contribution in [0.4, 0.5) is 8.78 Å². The summed E-state index contributed by atoms with van der Waals surface area (Å²) in [5.74, 6) is 0. The van der Waals surface area contributed by atoms with Crippen LogP contribution in [0.2, 0.25) is 0 Å². The molecule has 1 aromatic carbocycles. The number of aliphatic hydroxyl groups excluding tert-OH is 1. The molecular weight excluding hydrogens is 258 g/mol. The van der Waals surface area contributed by atoms with Crippen LogP contribution in [0.3, 0.4) is 0 Å². The van der Waals surface area contributed by atoms with Gasteiger partial charge in [0.25, 0.3) is 6.43 Å². The molecule has 0 aliphatic rings. The first-order valence-corrected chi connectivity index (χ1v) is 5.85. The summed E-state index contributed by atoms with van der Waals surface area (Å²) in [7, 11) is 1.54. The maximum Gasteiger partial charge on any atom is 0.251 e. The first kappa shape index (κ1) is 14.9. The lowest BCUT2D eigenvalue weighted by Crippen LogP contribution is -2.29. The SMILES string of the molecule is CN(CC(F)F)CC(O)c1ccc(C(N)=S)cc1. The second-order valence-corrected chi connectivity index (χ2v) is 4.55. The molecule has 1 rings (SSSR count). The van der Waals surface area contributed by atoms with E-state index >= 15 is 0 Å². The van der Waals surface area contributed by atoms with Gasteiger partial charge in [-0.1, -0.05) is 36.5 Å². The molecule has 0 saturated carbocycles. The average Bonchev–Trinajstić information content (AvgIpc) is 2.27. The summed E-state index contributed by atoms with van der Waals surface area (Å²) < 4.78 is 24.3. The molecule has 1 unspecified atom stereocenters. The van der Waals surface area contributed by atoms with E-state index in [4.69, 9.17) is 18.0 Å². The number of alkyl halides is 2. The molecule has 0 bridgehead atoms. The summed E-state index contributed by atoms with van der Waals surface area (Å²) in [6.07, 6.45) is -3.21. The highest BCUT2D eigenvalue weighted by Crippen LogP contribution is 2.15. The highest BCUT2D eigenvalue weighted by Gasteiger charge is 2.14. The summed E-state index contributed by atoms with van der Waals surface area (Å²) in [4.78, 5) is 1.67. The van der Waals surface area contributed by atoms with E-state index in [1.54, 1.807) is 31.3 Å². The Labute approximate surface area is 110 Å². The number of nitrogens with two attached hydrogens (primary N) is 1. The van der Waals surface area contributed by atoms with Gasteiger partial charge in [-0.3, -0.25) is 4.90 Å². The van der Waals surface area contributed by atoms with Gasteiger partial charge < -0.3 is 10.8 Å². The van der Waals surface area contributed by atoms with Crippen molar-refractivity contribution >= 4 is 17.2 Å². The second-order valence-electron chi connectivity index (χ2n) is 4.11. The zero-order valence-electron chi connectivity index (χ0n) is 10.0. The predicted octanol–water partition coefficient (Wildman–Crippen LogP) is 1.55. The van der Waals surface area contributed by atoms with Crippen molar-refractivity contribution in [1.82, 2.24) is 4.90 Å². The minimum Gasteiger partial charge on any atom is -0.389 e.